The fraction of sp³-hybridized carbons (Fsp3) is 0.571. The average molecular weight is 186 g/mol. The lowest BCUT2D eigenvalue weighted by Gasteiger charge is -2.12. The minimum atomic E-state index is -0.977. The van der Waals surface area contributed by atoms with Crippen LogP contribution in [0.5, 0.6) is 0 Å². The minimum Gasteiger partial charge on any atom is -0.481 e. The van der Waals surface area contributed by atoms with Crippen molar-refractivity contribution in [2.75, 3.05) is 20.1 Å². The molecule has 0 aromatic carbocycles. The number of rotatable bonds is 3. The number of urea groups is 1. The van der Waals surface area contributed by atoms with Crippen LogP contribution in [-0.2, 0) is 9.59 Å². The van der Waals surface area contributed by atoms with Gasteiger partial charge in [-0.15, -0.1) is 0 Å². The summed E-state index contributed by atoms with van der Waals surface area (Å²) in [6.45, 7) is 0.0762. The molecule has 0 saturated carbocycles. The Balaban J connectivity index is 2.49. The van der Waals surface area contributed by atoms with Gasteiger partial charge in [-0.2, -0.15) is 0 Å². The molecule has 0 spiro atoms. The van der Waals surface area contributed by atoms with Gasteiger partial charge in [0.2, 0.25) is 5.91 Å². The molecule has 0 radical (unpaired) electrons. The second-order valence-corrected chi connectivity index (χ2v) is 2.80. The molecule has 1 rings (SSSR count). The first kappa shape index (κ1) is 9.50. The molecule has 0 atom stereocenters. The SMILES string of the molecule is CN1C(=O)CN(CCC(=O)O)C1=O. The zero-order valence-corrected chi connectivity index (χ0v) is 7.19. The van der Waals surface area contributed by atoms with Gasteiger partial charge in [0, 0.05) is 13.6 Å². The van der Waals surface area contributed by atoms with E-state index in [4.69, 9.17) is 5.11 Å². The molecular weight excluding hydrogens is 176 g/mol. The lowest BCUT2D eigenvalue weighted by atomic mass is 10.4. The molecule has 13 heavy (non-hydrogen) atoms. The van der Waals surface area contributed by atoms with Crippen molar-refractivity contribution in [1.29, 1.82) is 0 Å². The van der Waals surface area contributed by atoms with Gasteiger partial charge in [0.15, 0.2) is 0 Å². The third-order valence-electron chi connectivity index (χ3n) is 1.85. The van der Waals surface area contributed by atoms with Crippen molar-refractivity contribution in [1.82, 2.24) is 9.80 Å². The number of aliphatic carboxylic acids is 1. The van der Waals surface area contributed by atoms with Gasteiger partial charge in [-0.3, -0.25) is 14.5 Å². The summed E-state index contributed by atoms with van der Waals surface area (Å²) in [6.07, 6.45) is -0.132. The number of carbonyl (C=O) groups excluding carboxylic acids is 2. The maximum absolute atomic E-state index is 11.2. The van der Waals surface area contributed by atoms with Crippen molar-refractivity contribution in [3.8, 4) is 0 Å². The van der Waals surface area contributed by atoms with Crippen molar-refractivity contribution >= 4 is 17.9 Å². The first-order chi connectivity index (χ1) is 6.02. The van der Waals surface area contributed by atoms with Crippen LogP contribution in [0.25, 0.3) is 0 Å². The highest BCUT2D eigenvalue weighted by molar-refractivity contribution is 6.01. The molecule has 1 fully saturated rings. The van der Waals surface area contributed by atoms with E-state index < -0.39 is 12.0 Å². The summed E-state index contributed by atoms with van der Waals surface area (Å²) < 4.78 is 0. The molecule has 1 N–H and O–H groups in total. The highest BCUT2D eigenvalue weighted by Crippen LogP contribution is 2.07. The third kappa shape index (κ3) is 1.95. The summed E-state index contributed by atoms with van der Waals surface area (Å²) in [4.78, 5) is 34.5. The Labute approximate surface area is 74.7 Å². The molecule has 0 aromatic rings. The standard InChI is InChI=1S/C7H10N2O4/c1-8-5(10)4-9(7(8)13)3-2-6(11)12/h2-4H2,1H3,(H,11,12). The molecule has 3 amide bonds. The Kier molecular flexibility index (Phi) is 2.50. The Morgan fingerprint density at radius 3 is 2.54 bits per heavy atom. The molecule has 72 valence electrons. The zero-order chi connectivity index (χ0) is 10.0. The Bertz CT molecular complexity index is 263. The van der Waals surface area contributed by atoms with Crippen LogP contribution in [0.15, 0.2) is 0 Å². The van der Waals surface area contributed by atoms with Crippen molar-refractivity contribution in [2.24, 2.45) is 0 Å². The van der Waals surface area contributed by atoms with Crippen molar-refractivity contribution in [3.05, 3.63) is 0 Å². The van der Waals surface area contributed by atoms with E-state index >= 15 is 0 Å². The van der Waals surface area contributed by atoms with Crippen molar-refractivity contribution in [2.45, 2.75) is 6.42 Å². The number of nitrogens with zero attached hydrogens (tertiary/aromatic N) is 2. The third-order valence-corrected chi connectivity index (χ3v) is 1.85. The lowest BCUT2D eigenvalue weighted by Crippen LogP contribution is -2.31. The van der Waals surface area contributed by atoms with Gasteiger partial charge >= 0.3 is 12.0 Å². The minimum absolute atomic E-state index is 0.0113. The molecule has 0 bridgehead atoms. The molecule has 1 saturated heterocycles. The number of carbonyl (C=O) groups is 3. The molecule has 1 aliphatic rings. The van der Waals surface area contributed by atoms with Gasteiger partial charge < -0.3 is 10.0 Å². The molecule has 0 aromatic heterocycles. The maximum atomic E-state index is 11.2. The molecule has 0 aliphatic carbocycles. The van der Waals surface area contributed by atoms with Crippen LogP contribution in [0, 0.1) is 0 Å². The van der Waals surface area contributed by atoms with Gasteiger partial charge in [-0.25, -0.2) is 4.79 Å². The smallest absolute Gasteiger partial charge is 0.326 e. The van der Waals surface area contributed by atoms with E-state index in [9.17, 15) is 14.4 Å². The van der Waals surface area contributed by atoms with Crippen molar-refractivity contribution in [3.63, 3.8) is 0 Å². The molecule has 1 aliphatic heterocycles. The molecule has 0 unspecified atom stereocenters. The summed E-state index contributed by atoms with van der Waals surface area (Å²) in [5.41, 5.74) is 0. The van der Waals surface area contributed by atoms with Gasteiger partial charge in [-0.1, -0.05) is 0 Å². The van der Waals surface area contributed by atoms with Crippen LogP contribution in [0.2, 0.25) is 0 Å². The molecule has 1 heterocycles. The number of likely N-dealkylation sites (N-methyl/N-ethyl adjacent to an activating group) is 1. The van der Waals surface area contributed by atoms with Crippen LogP contribution < -0.4 is 0 Å². The van der Waals surface area contributed by atoms with Gasteiger partial charge in [0.1, 0.15) is 6.54 Å². The van der Waals surface area contributed by atoms with E-state index in [1.54, 1.807) is 0 Å². The van der Waals surface area contributed by atoms with E-state index in [2.05, 4.69) is 0 Å². The van der Waals surface area contributed by atoms with Crippen LogP contribution in [0.4, 0.5) is 4.79 Å². The fourth-order valence-corrected chi connectivity index (χ4v) is 1.06. The predicted molar refractivity (Wildman–Crippen MR) is 42.0 cm³/mol. The lowest BCUT2D eigenvalue weighted by molar-refractivity contribution is -0.137. The largest absolute Gasteiger partial charge is 0.481 e. The zero-order valence-electron chi connectivity index (χ0n) is 7.19. The maximum Gasteiger partial charge on any atom is 0.326 e. The number of carboxylic acids is 1. The molecule has 6 heteroatoms. The van der Waals surface area contributed by atoms with E-state index in [-0.39, 0.29) is 25.4 Å². The summed E-state index contributed by atoms with van der Waals surface area (Å²) >= 11 is 0. The van der Waals surface area contributed by atoms with Crippen LogP contribution >= 0.6 is 0 Å². The topological polar surface area (TPSA) is 77.9 Å². The number of amides is 3. The normalized spacial score (nSPS) is 17.0. The van der Waals surface area contributed by atoms with E-state index in [0.717, 1.165) is 4.90 Å². The van der Waals surface area contributed by atoms with Crippen LogP contribution in [0.1, 0.15) is 6.42 Å². The molecule has 6 nitrogen and oxygen atoms in total. The van der Waals surface area contributed by atoms with E-state index in [1.807, 2.05) is 0 Å². The Morgan fingerprint density at radius 1 is 1.54 bits per heavy atom. The second-order valence-electron chi connectivity index (χ2n) is 2.80. The summed E-state index contributed by atoms with van der Waals surface area (Å²) in [7, 11) is 1.38. The van der Waals surface area contributed by atoms with Gasteiger partial charge in [0.25, 0.3) is 0 Å². The van der Waals surface area contributed by atoms with Crippen molar-refractivity contribution < 1.29 is 19.5 Å². The second kappa shape index (κ2) is 3.42. The van der Waals surface area contributed by atoms with Crippen LogP contribution in [-0.4, -0.2) is 53.0 Å². The van der Waals surface area contributed by atoms with Crippen LogP contribution in [0.3, 0.4) is 0 Å². The van der Waals surface area contributed by atoms with E-state index in [0.29, 0.717) is 0 Å². The predicted octanol–water partition coefficient (Wildman–Crippen LogP) is -0.645. The highest BCUT2D eigenvalue weighted by atomic mass is 16.4. The first-order valence-electron chi connectivity index (χ1n) is 3.79. The quantitative estimate of drug-likeness (QED) is 0.594. The monoisotopic (exact) mass is 186 g/mol. The average Bonchev–Trinajstić information content (AvgIpc) is 2.29. The Hall–Kier alpha value is -1.59. The summed E-state index contributed by atoms with van der Waals surface area (Å²) in [6, 6.07) is -0.425. The van der Waals surface area contributed by atoms with Gasteiger partial charge in [0.05, 0.1) is 6.42 Å². The summed E-state index contributed by atoms with van der Waals surface area (Å²) in [5.74, 6) is -1.27. The number of hydrogen-bond donors (Lipinski definition) is 1. The molecular formula is C7H10N2O4. The number of carboxylic acid groups (broad SMARTS) is 1. The number of imide groups is 1. The van der Waals surface area contributed by atoms with E-state index in [1.165, 1.54) is 11.9 Å². The Morgan fingerprint density at radius 2 is 2.15 bits per heavy atom. The fourth-order valence-electron chi connectivity index (χ4n) is 1.06. The highest BCUT2D eigenvalue weighted by Gasteiger charge is 2.32. The van der Waals surface area contributed by atoms with Gasteiger partial charge in [-0.05, 0) is 0 Å². The first-order valence-corrected chi connectivity index (χ1v) is 3.79. The number of hydrogen-bond acceptors (Lipinski definition) is 3. The summed E-state index contributed by atoms with van der Waals surface area (Å²) in [5, 5.41) is 8.36.